The highest BCUT2D eigenvalue weighted by Gasteiger charge is 2.29. The Kier molecular flexibility index (Phi) is 5.19. The molecule has 0 radical (unpaired) electrons. The van der Waals surface area contributed by atoms with Gasteiger partial charge in [-0.2, -0.15) is 0 Å². The van der Waals surface area contributed by atoms with E-state index in [1.807, 2.05) is 0 Å². The number of hydrogen-bond acceptors (Lipinski definition) is 5. The van der Waals surface area contributed by atoms with Gasteiger partial charge in [-0.05, 0) is 25.1 Å². The van der Waals surface area contributed by atoms with Gasteiger partial charge in [-0.25, -0.2) is 9.07 Å². The molecule has 0 saturated carbocycles. The SMILES string of the molecule is Cc1c(C(=O)N2CCO[C@@H](CC(=O)O)C2)nnn1-c1ccc(Cl)cc1F. The number of nitrogens with zero attached hydrogens (tertiary/aromatic N) is 4. The number of halogens is 2. The molecule has 1 aromatic carbocycles. The van der Waals surface area contributed by atoms with Gasteiger partial charge in [-0.1, -0.05) is 16.8 Å². The lowest BCUT2D eigenvalue weighted by atomic mass is 10.2. The summed E-state index contributed by atoms with van der Waals surface area (Å²) in [6.07, 6.45) is -0.764. The van der Waals surface area contributed by atoms with E-state index in [-0.39, 0.29) is 36.0 Å². The predicted octanol–water partition coefficient (Wildman–Crippen LogP) is 1.68. The number of carbonyl (C=O) groups excluding carboxylic acids is 1. The maximum atomic E-state index is 14.1. The maximum absolute atomic E-state index is 14.1. The van der Waals surface area contributed by atoms with Gasteiger partial charge >= 0.3 is 5.97 Å². The van der Waals surface area contributed by atoms with E-state index in [2.05, 4.69) is 10.3 Å². The molecular formula is C16H16ClFN4O4. The van der Waals surface area contributed by atoms with Crippen LogP contribution in [-0.4, -0.2) is 62.7 Å². The van der Waals surface area contributed by atoms with E-state index in [9.17, 15) is 14.0 Å². The minimum Gasteiger partial charge on any atom is -0.481 e. The van der Waals surface area contributed by atoms with Crippen LogP contribution >= 0.6 is 11.6 Å². The zero-order chi connectivity index (χ0) is 18.8. The molecular weight excluding hydrogens is 367 g/mol. The van der Waals surface area contributed by atoms with Crippen LogP contribution in [0.5, 0.6) is 0 Å². The molecule has 1 fully saturated rings. The normalized spacial score (nSPS) is 17.3. The van der Waals surface area contributed by atoms with Gasteiger partial charge in [0, 0.05) is 18.1 Å². The van der Waals surface area contributed by atoms with Crippen LogP contribution in [0.3, 0.4) is 0 Å². The standard InChI is InChI=1S/C16H16ClFN4O4/c1-9-15(16(25)21-4-5-26-11(8-21)7-14(23)24)19-20-22(9)13-3-2-10(17)6-12(13)18/h2-3,6,11H,4-5,7-8H2,1H3,(H,23,24)/t11-/m0/s1. The number of carboxylic acid groups (broad SMARTS) is 1. The number of ether oxygens (including phenoxy) is 1. The average Bonchev–Trinajstić information content (AvgIpc) is 2.95. The molecule has 1 aromatic heterocycles. The third-order valence-corrected chi connectivity index (χ3v) is 4.30. The van der Waals surface area contributed by atoms with E-state index in [1.165, 1.54) is 21.7 Å². The Labute approximate surface area is 153 Å². The Bertz CT molecular complexity index is 857. The highest BCUT2D eigenvalue weighted by Crippen LogP contribution is 2.21. The van der Waals surface area contributed by atoms with Crippen LogP contribution in [0.1, 0.15) is 22.6 Å². The molecule has 0 bridgehead atoms. The zero-order valence-corrected chi connectivity index (χ0v) is 14.6. The summed E-state index contributed by atoms with van der Waals surface area (Å²) in [7, 11) is 0. The lowest BCUT2D eigenvalue weighted by Gasteiger charge is -2.31. The van der Waals surface area contributed by atoms with Gasteiger partial charge in [-0.3, -0.25) is 9.59 Å². The molecule has 2 heterocycles. The molecule has 2 aromatic rings. The van der Waals surface area contributed by atoms with Crippen LogP contribution in [0.15, 0.2) is 18.2 Å². The Morgan fingerprint density at radius 3 is 2.92 bits per heavy atom. The number of hydrogen-bond donors (Lipinski definition) is 1. The number of amides is 1. The molecule has 0 unspecified atom stereocenters. The molecule has 1 atom stereocenters. The number of rotatable bonds is 4. The van der Waals surface area contributed by atoms with Crippen molar-refractivity contribution < 1.29 is 23.8 Å². The molecule has 1 aliphatic rings. The van der Waals surface area contributed by atoms with Crippen molar-refractivity contribution in [2.45, 2.75) is 19.4 Å². The summed E-state index contributed by atoms with van der Waals surface area (Å²) in [5.74, 6) is -1.98. The van der Waals surface area contributed by atoms with Crippen molar-refractivity contribution in [3.63, 3.8) is 0 Å². The number of aromatic nitrogens is 3. The average molecular weight is 383 g/mol. The van der Waals surface area contributed by atoms with Crippen molar-refractivity contribution in [1.29, 1.82) is 0 Å². The second-order valence-corrected chi connectivity index (χ2v) is 6.31. The lowest BCUT2D eigenvalue weighted by Crippen LogP contribution is -2.46. The largest absolute Gasteiger partial charge is 0.481 e. The Balaban J connectivity index is 1.83. The summed E-state index contributed by atoms with van der Waals surface area (Å²) >= 11 is 5.75. The number of morpholine rings is 1. The molecule has 26 heavy (non-hydrogen) atoms. The van der Waals surface area contributed by atoms with E-state index in [0.29, 0.717) is 12.2 Å². The first-order valence-corrected chi connectivity index (χ1v) is 8.25. The number of carboxylic acids is 1. The molecule has 0 aliphatic carbocycles. The highest BCUT2D eigenvalue weighted by molar-refractivity contribution is 6.30. The Morgan fingerprint density at radius 2 is 2.23 bits per heavy atom. The zero-order valence-electron chi connectivity index (χ0n) is 13.9. The number of carbonyl (C=O) groups is 2. The third-order valence-electron chi connectivity index (χ3n) is 4.06. The molecule has 10 heteroatoms. The van der Waals surface area contributed by atoms with Gasteiger partial charge in [-0.15, -0.1) is 5.10 Å². The van der Waals surface area contributed by atoms with Crippen LogP contribution in [0, 0.1) is 12.7 Å². The Hall–Kier alpha value is -2.52. The second-order valence-electron chi connectivity index (χ2n) is 5.87. The van der Waals surface area contributed by atoms with Gasteiger partial charge in [0.1, 0.15) is 11.5 Å². The minimum absolute atomic E-state index is 0.0790. The van der Waals surface area contributed by atoms with Crippen molar-refractivity contribution in [2.24, 2.45) is 0 Å². The number of benzene rings is 1. The van der Waals surface area contributed by atoms with Gasteiger partial charge in [0.25, 0.3) is 5.91 Å². The smallest absolute Gasteiger partial charge is 0.306 e. The molecule has 1 amide bonds. The van der Waals surface area contributed by atoms with Crippen molar-refractivity contribution in [2.75, 3.05) is 19.7 Å². The maximum Gasteiger partial charge on any atom is 0.306 e. The summed E-state index contributed by atoms with van der Waals surface area (Å²) in [5.41, 5.74) is 0.581. The van der Waals surface area contributed by atoms with Crippen LogP contribution in [0.25, 0.3) is 5.69 Å². The van der Waals surface area contributed by atoms with Gasteiger partial charge in [0.2, 0.25) is 0 Å². The van der Waals surface area contributed by atoms with Crippen LogP contribution < -0.4 is 0 Å². The van der Waals surface area contributed by atoms with Crippen molar-refractivity contribution in [1.82, 2.24) is 19.9 Å². The molecule has 1 aliphatic heterocycles. The van der Waals surface area contributed by atoms with Crippen molar-refractivity contribution >= 4 is 23.5 Å². The molecule has 138 valence electrons. The summed E-state index contributed by atoms with van der Waals surface area (Å²) < 4.78 is 20.7. The first-order valence-electron chi connectivity index (χ1n) is 7.87. The lowest BCUT2D eigenvalue weighted by molar-refractivity contribution is -0.141. The quantitative estimate of drug-likeness (QED) is 0.864. The summed E-state index contributed by atoms with van der Waals surface area (Å²) in [6.45, 7) is 2.31. The van der Waals surface area contributed by atoms with Crippen LogP contribution in [-0.2, 0) is 9.53 Å². The fourth-order valence-electron chi connectivity index (χ4n) is 2.78. The Morgan fingerprint density at radius 1 is 1.46 bits per heavy atom. The minimum atomic E-state index is -0.996. The molecule has 1 N–H and O–H groups in total. The van der Waals surface area contributed by atoms with Gasteiger partial charge < -0.3 is 14.7 Å². The highest BCUT2D eigenvalue weighted by atomic mass is 35.5. The van der Waals surface area contributed by atoms with Crippen LogP contribution in [0.4, 0.5) is 4.39 Å². The fourth-order valence-corrected chi connectivity index (χ4v) is 2.94. The van der Waals surface area contributed by atoms with E-state index in [4.69, 9.17) is 21.4 Å². The molecule has 8 nitrogen and oxygen atoms in total. The van der Waals surface area contributed by atoms with E-state index < -0.39 is 23.8 Å². The first kappa shape index (κ1) is 18.3. The van der Waals surface area contributed by atoms with E-state index >= 15 is 0 Å². The predicted molar refractivity (Wildman–Crippen MR) is 89.0 cm³/mol. The third kappa shape index (κ3) is 3.68. The van der Waals surface area contributed by atoms with Crippen molar-refractivity contribution in [3.8, 4) is 5.69 Å². The second kappa shape index (κ2) is 7.38. The van der Waals surface area contributed by atoms with Gasteiger partial charge in [0.15, 0.2) is 5.69 Å². The molecule has 3 rings (SSSR count). The topological polar surface area (TPSA) is 97.6 Å². The molecule has 0 spiro atoms. The summed E-state index contributed by atoms with van der Waals surface area (Å²) in [4.78, 5) is 25.0. The van der Waals surface area contributed by atoms with E-state index in [1.54, 1.807) is 6.92 Å². The molecule has 1 saturated heterocycles. The van der Waals surface area contributed by atoms with Gasteiger partial charge in [0.05, 0.1) is 24.8 Å². The van der Waals surface area contributed by atoms with E-state index in [0.717, 1.165) is 6.07 Å². The summed E-state index contributed by atoms with van der Waals surface area (Å²) in [6, 6.07) is 4.12. The first-order chi connectivity index (χ1) is 12.4. The monoisotopic (exact) mass is 382 g/mol. The fraction of sp³-hybridized carbons (Fsp3) is 0.375. The number of aliphatic carboxylic acids is 1. The van der Waals surface area contributed by atoms with Crippen molar-refractivity contribution in [3.05, 3.63) is 40.4 Å². The van der Waals surface area contributed by atoms with Crippen LogP contribution in [0.2, 0.25) is 5.02 Å². The summed E-state index contributed by atoms with van der Waals surface area (Å²) in [5, 5.41) is 16.9.